The summed E-state index contributed by atoms with van der Waals surface area (Å²) in [5.41, 5.74) is 1.18. The molecule has 1 heterocycles. The molecule has 30 heavy (non-hydrogen) atoms. The van der Waals surface area contributed by atoms with Crippen molar-refractivity contribution in [1.29, 1.82) is 0 Å². The van der Waals surface area contributed by atoms with E-state index < -0.39 is 12.4 Å². The first-order chi connectivity index (χ1) is 14.6. The number of guanidine groups is 1. The molecule has 1 unspecified atom stereocenters. The number of alkyl halides is 2. The second-order valence-corrected chi connectivity index (χ2v) is 7.10. The molecule has 5 nitrogen and oxygen atoms in total. The molecule has 0 spiro atoms. The summed E-state index contributed by atoms with van der Waals surface area (Å²) < 4.78 is 49.6. The lowest BCUT2D eigenvalue weighted by Crippen LogP contribution is -2.40. The Kier molecular flexibility index (Phi) is 7.96. The Hall–Kier alpha value is -2.74. The van der Waals surface area contributed by atoms with Gasteiger partial charge < -0.3 is 19.7 Å². The first kappa shape index (κ1) is 22.0. The van der Waals surface area contributed by atoms with Crippen molar-refractivity contribution in [2.45, 2.75) is 26.2 Å². The van der Waals surface area contributed by atoms with E-state index in [1.807, 2.05) is 30.3 Å². The zero-order valence-electron chi connectivity index (χ0n) is 16.9. The van der Waals surface area contributed by atoms with E-state index in [0.29, 0.717) is 25.1 Å². The molecule has 1 atom stereocenters. The van der Waals surface area contributed by atoms with Crippen molar-refractivity contribution in [2.75, 3.05) is 26.7 Å². The number of hydrogen-bond acceptors (Lipinski definition) is 3. The maximum atomic E-state index is 14.1. The summed E-state index contributed by atoms with van der Waals surface area (Å²) in [6.07, 6.45) is 0.953. The molecular weight excluding hydrogens is 395 g/mol. The van der Waals surface area contributed by atoms with Gasteiger partial charge in [0.25, 0.3) is 0 Å². The lowest BCUT2D eigenvalue weighted by atomic mass is 10.1. The highest BCUT2D eigenvalue weighted by Crippen LogP contribution is 2.24. The van der Waals surface area contributed by atoms with E-state index in [-0.39, 0.29) is 17.9 Å². The number of aliphatic imine (C=N–C) groups is 1. The molecule has 1 fully saturated rings. The topological polar surface area (TPSA) is 46.1 Å². The molecule has 0 radical (unpaired) electrons. The molecule has 1 saturated heterocycles. The van der Waals surface area contributed by atoms with Gasteiger partial charge in [0.15, 0.2) is 5.96 Å². The second-order valence-electron chi connectivity index (χ2n) is 7.10. The molecule has 1 aliphatic heterocycles. The lowest BCUT2D eigenvalue weighted by Gasteiger charge is -2.22. The van der Waals surface area contributed by atoms with Crippen LogP contribution in [-0.2, 0) is 17.9 Å². The number of hydrogen-bond donors (Lipinski definition) is 1. The summed E-state index contributed by atoms with van der Waals surface area (Å²) in [5, 5.41) is 3.05. The van der Waals surface area contributed by atoms with Crippen LogP contribution in [0.25, 0.3) is 0 Å². The molecule has 8 heteroatoms. The largest absolute Gasteiger partial charge is 0.434 e. The van der Waals surface area contributed by atoms with Crippen LogP contribution in [0, 0.1) is 11.7 Å². The third-order valence-corrected chi connectivity index (χ3v) is 4.98. The molecule has 162 valence electrons. The number of nitrogens with one attached hydrogen (secondary N) is 1. The summed E-state index contributed by atoms with van der Waals surface area (Å²) >= 11 is 0. The first-order valence-electron chi connectivity index (χ1n) is 9.86. The van der Waals surface area contributed by atoms with Gasteiger partial charge in [0.05, 0.1) is 13.2 Å². The molecule has 2 aromatic carbocycles. The minimum Gasteiger partial charge on any atom is -0.434 e. The highest BCUT2D eigenvalue weighted by molar-refractivity contribution is 5.80. The fourth-order valence-electron chi connectivity index (χ4n) is 3.50. The molecular formula is C22H26F3N3O2. The Morgan fingerprint density at radius 2 is 2.00 bits per heavy atom. The van der Waals surface area contributed by atoms with Crippen molar-refractivity contribution in [3.63, 3.8) is 0 Å². The van der Waals surface area contributed by atoms with Gasteiger partial charge in [-0.05, 0) is 24.1 Å². The van der Waals surface area contributed by atoms with Crippen molar-refractivity contribution in [1.82, 2.24) is 10.2 Å². The van der Waals surface area contributed by atoms with E-state index >= 15 is 0 Å². The molecule has 0 bridgehead atoms. The Balaban J connectivity index is 1.50. The smallest absolute Gasteiger partial charge is 0.387 e. The number of halogens is 3. The van der Waals surface area contributed by atoms with E-state index in [2.05, 4.69) is 19.9 Å². The third kappa shape index (κ3) is 6.13. The normalized spacial score (nSPS) is 16.9. The summed E-state index contributed by atoms with van der Waals surface area (Å²) in [5.74, 6) is 0.163. The van der Waals surface area contributed by atoms with Crippen LogP contribution in [-0.4, -0.2) is 44.2 Å². The minimum absolute atomic E-state index is 0.00687. The molecule has 0 amide bonds. The number of nitrogens with zero attached hydrogens (tertiary/aromatic N) is 2. The predicted octanol–water partition coefficient (Wildman–Crippen LogP) is 4.04. The Morgan fingerprint density at radius 3 is 2.73 bits per heavy atom. The lowest BCUT2D eigenvalue weighted by molar-refractivity contribution is -0.0506. The molecule has 2 aromatic rings. The quantitative estimate of drug-likeness (QED) is 0.516. The van der Waals surface area contributed by atoms with Gasteiger partial charge in [0.1, 0.15) is 11.6 Å². The van der Waals surface area contributed by atoms with Crippen LogP contribution >= 0.6 is 0 Å². The predicted molar refractivity (Wildman–Crippen MR) is 109 cm³/mol. The van der Waals surface area contributed by atoms with Crippen molar-refractivity contribution >= 4 is 5.96 Å². The van der Waals surface area contributed by atoms with Gasteiger partial charge in [-0.15, -0.1) is 0 Å². The SMILES string of the molecule is CN=C(NCc1c(F)cccc1OC(F)F)N1CCC(COCc2ccccc2)C1. The molecule has 0 saturated carbocycles. The number of likely N-dealkylation sites (tertiary alicyclic amines) is 1. The maximum Gasteiger partial charge on any atom is 0.387 e. The minimum atomic E-state index is -3.01. The summed E-state index contributed by atoms with van der Waals surface area (Å²) in [6.45, 7) is -0.261. The van der Waals surface area contributed by atoms with Gasteiger partial charge in [0, 0.05) is 38.2 Å². The standard InChI is InChI=1S/C22H26F3N3O2/c1-26-22(27-12-18-19(23)8-5-9-20(18)30-21(24)25)28-11-10-17(13-28)15-29-14-16-6-3-2-4-7-16/h2-9,17,21H,10-15H2,1H3,(H,26,27). The highest BCUT2D eigenvalue weighted by atomic mass is 19.3. The number of rotatable bonds is 8. The van der Waals surface area contributed by atoms with Gasteiger partial charge in [-0.3, -0.25) is 4.99 Å². The van der Waals surface area contributed by atoms with Gasteiger partial charge in [0.2, 0.25) is 0 Å². The number of benzene rings is 2. The summed E-state index contributed by atoms with van der Waals surface area (Å²) in [4.78, 5) is 6.31. The van der Waals surface area contributed by atoms with Crippen LogP contribution in [0.5, 0.6) is 5.75 Å². The van der Waals surface area contributed by atoms with Crippen LogP contribution in [0.4, 0.5) is 13.2 Å². The van der Waals surface area contributed by atoms with Crippen LogP contribution in [0.1, 0.15) is 17.5 Å². The zero-order chi connectivity index (χ0) is 21.3. The third-order valence-electron chi connectivity index (χ3n) is 4.98. The van der Waals surface area contributed by atoms with Crippen LogP contribution in [0.15, 0.2) is 53.5 Å². The fourth-order valence-corrected chi connectivity index (χ4v) is 3.50. The second kappa shape index (κ2) is 10.9. The Morgan fingerprint density at radius 1 is 1.20 bits per heavy atom. The van der Waals surface area contributed by atoms with Crippen molar-refractivity contribution in [3.8, 4) is 5.75 Å². The molecule has 0 aromatic heterocycles. The summed E-state index contributed by atoms with van der Waals surface area (Å²) in [7, 11) is 1.64. The van der Waals surface area contributed by atoms with Crippen molar-refractivity contribution in [3.05, 3.63) is 65.5 Å². The molecule has 1 aliphatic rings. The first-order valence-corrected chi connectivity index (χ1v) is 9.86. The fraction of sp³-hybridized carbons (Fsp3) is 0.409. The van der Waals surface area contributed by atoms with E-state index in [1.165, 1.54) is 18.2 Å². The molecule has 0 aliphatic carbocycles. The van der Waals surface area contributed by atoms with Crippen LogP contribution in [0.3, 0.4) is 0 Å². The molecule has 1 N–H and O–H groups in total. The Bertz CT molecular complexity index is 834. The van der Waals surface area contributed by atoms with Gasteiger partial charge in [-0.2, -0.15) is 8.78 Å². The van der Waals surface area contributed by atoms with Crippen molar-refractivity contribution in [2.24, 2.45) is 10.9 Å². The van der Waals surface area contributed by atoms with Gasteiger partial charge >= 0.3 is 6.61 Å². The van der Waals surface area contributed by atoms with Crippen LogP contribution in [0.2, 0.25) is 0 Å². The van der Waals surface area contributed by atoms with Crippen LogP contribution < -0.4 is 10.1 Å². The van der Waals surface area contributed by atoms with E-state index in [1.54, 1.807) is 7.05 Å². The van der Waals surface area contributed by atoms with Gasteiger partial charge in [-0.25, -0.2) is 4.39 Å². The zero-order valence-corrected chi connectivity index (χ0v) is 16.9. The Labute approximate surface area is 174 Å². The average molecular weight is 421 g/mol. The number of ether oxygens (including phenoxy) is 2. The summed E-state index contributed by atoms with van der Waals surface area (Å²) in [6, 6.07) is 13.9. The average Bonchev–Trinajstić information content (AvgIpc) is 3.19. The highest BCUT2D eigenvalue weighted by Gasteiger charge is 2.25. The van der Waals surface area contributed by atoms with E-state index in [9.17, 15) is 13.2 Å². The maximum absolute atomic E-state index is 14.1. The molecule has 3 rings (SSSR count). The van der Waals surface area contributed by atoms with E-state index in [4.69, 9.17) is 4.74 Å². The van der Waals surface area contributed by atoms with E-state index in [0.717, 1.165) is 25.1 Å². The van der Waals surface area contributed by atoms with Crippen molar-refractivity contribution < 1.29 is 22.6 Å². The van der Waals surface area contributed by atoms with Gasteiger partial charge in [-0.1, -0.05) is 36.4 Å². The monoisotopic (exact) mass is 421 g/mol.